The molecule has 112 valence electrons. The number of halogens is 3. The molecular weight excluding hydrogens is 275 g/mol. The standard InChI is InChI=1S/C17H18F3N/c1-3-21-16(10-12-7-5-4-6-11(12)2)13-8-14(18)17(20)15(19)9-13/h4-9,16,21H,3,10H2,1-2H3. The predicted octanol–water partition coefficient (Wildman–Crippen LogP) is 4.31. The zero-order chi connectivity index (χ0) is 15.4. The van der Waals surface area contributed by atoms with Crippen LogP contribution < -0.4 is 5.32 Å². The van der Waals surface area contributed by atoms with Crippen LogP contribution in [0.25, 0.3) is 0 Å². The molecule has 0 aliphatic heterocycles. The van der Waals surface area contributed by atoms with Gasteiger partial charge in [-0.05, 0) is 48.7 Å². The van der Waals surface area contributed by atoms with Gasteiger partial charge < -0.3 is 5.32 Å². The summed E-state index contributed by atoms with van der Waals surface area (Å²) in [6.45, 7) is 4.56. The maximum absolute atomic E-state index is 13.4. The van der Waals surface area contributed by atoms with Crippen molar-refractivity contribution in [3.05, 3.63) is 70.5 Å². The lowest BCUT2D eigenvalue weighted by Gasteiger charge is -2.20. The minimum atomic E-state index is -1.43. The summed E-state index contributed by atoms with van der Waals surface area (Å²) in [6.07, 6.45) is 0.588. The molecule has 4 heteroatoms. The van der Waals surface area contributed by atoms with Crippen LogP contribution in [-0.2, 0) is 6.42 Å². The quantitative estimate of drug-likeness (QED) is 0.810. The first-order valence-electron chi connectivity index (χ1n) is 6.95. The van der Waals surface area contributed by atoms with E-state index < -0.39 is 17.5 Å². The minimum Gasteiger partial charge on any atom is -0.310 e. The van der Waals surface area contributed by atoms with Crippen LogP contribution in [0.3, 0.4) is 0 Å². The number of rotatable bonds is 5. The molecule has 0 saturated heterocycles. The second-order valence-corrected chi connectivity index (χ2v) is 5.04. The fourth-order valence-corrected chi connectivity index (χ4v) is 2.39. The first-order valence-corrected chi connectivity index (χ1v) is 6.95. The molecule has 0 radical (unpaired) electrons. The number of nitrogens with one attached hydrogen (secondary N) is 1. The summed E-state index contributed by atoms with van der Waals surface area (Å²) in [7, 11) is 0. The maximum Gasteiger partial charge on any atom is 0.194 e. The smallest absolute Gasteiger partial charge is 0.194 e. The lowest BCUT2D eigenvalue weighted by molar-refractivity contribution is 0.439. The van der Waals surface area contributed by atoms with Crippen molar-refractivity contribution in [2.45, 2.75) is 26.3 Å². The van der Waals surface area contributed by atoms with Gasteiger partial charge in [0.05, 0.1) is 0 Å². The molecule has 0 aliphatic rings. The van der Waals surface area contributed by atoms with Gasteiger partial charge in [0, 0.05) is 6.04 Å². The van der Waals surface area contributed by atoms with E-state index in [1.807, 2.05) is 38.1 Å². The van der Waals surface area contributed by atoms with E-state index in [1.165, 1.54) is 0 Å². The summed E-state index contributed by atoms with van der Waals surface area (Å²) in [5.74, 6) is -3.74. The van der Waals surface area contributed by atoms with Crippen molar-refractivity contribution in [2.24, 2.45) is 0 Å². The highest BCUT2D eigenvalue weighted by molar-refractivity contribution is 5.30. The molecule has 1 nitrogen and oxygen atoms in total. The van der Waals surface area contributed by atoms with E-state index in [2.05, 4.69) is 5.32 Å². The van der Waals surface area contributed by atoms with Gasteiger partial charge in [0.1, 0.15) is 0 Å². The van der Waals surface area contributed by atoms with E-state index >= 15 is 0 Å². The Hall–Kier alpha value is -1.81. The number of benzene rings is 2. The van der Waals surface area contributed by atoms with Crippen LogP contribution in [-0.4, -0.2) is 6.54 Å². The van der Waals surface area contributed by atoms with Crippen LogP contribution in [0.4, 0.5) is 13.2 Å². The lowest BCUT2D eigenvalue weighted by atomic mass is 9.96. The van der Waals surface area contributed by atoms with Gasteiger partial charge in [-0.2, -0.15) is 0 Å². The van der Waals surface area contributed by atoms with Crippen LogP contribution in [0.15, 0.2) is 36.4 Å². The van der Waals surface area contributed by atoms with Gasteiger partial charge in [0.15, 0.2) is 17.5 Å². The van der Waals surface area contributed by atoms with E-state index in [0.29, 0.717) is 18.5 Å². The van der Waals surface area contributed by atoms with Crippen molar-refractivity contribution >= 4 is 0 Å². The Morgan fingerprint density at radius 1 is 1.05 bits per heavy atom. The molecule has 0 amide bonds. The molecule has 21 heavy (non-hydrogen) atoms. The number of hydrogen-bond donors (Lipinski definition) is 1. The Kier molecular flexibility index (Phi) is 5.02. The SMILES string of the molecule is CCNC(Cc1ccccc1C)c1cc(F)c(F)c(F)c1. The molecule has 1 N–H and O–H groups in total. The van der Waals surface area contributed by atoms with Crippen LogP contribution in [0, 0.1) is 24.4 Å². The molecule has 2 rings (SSSR count). The van der Waals surface area contributed by atoms with Crippen LogP contribution in [0.5, 0.6) is 0 Å². The molecule has 2 aromatic rings. The van der Waals surface area contributed by atoms with Crippen LogP contribution >= 0.6 is 0 Å². The molecule has 0 bridgehead atoms. The molecule has 1 unspecified atom stereocenters. The number of hydrogen-bond acceptors (Lipinski definition) is 1. The first-order chi connectivity index (χ1) is 10.0. The molecular formula is C17H18F3N. The fourth-order valence-electron chi connectivity index (χ4n) is 2.39. The van der Waals surface area contributed by atoms with Gasteiger partial charge in [-0.15, -0.1) is 0 Å². The van der Waals surface area contributed by atoms with Crippen molar-refractivity contribution in [3.63, 3.8) is 0 Å². The Balaban J connectivity index is 2.33. The Labute approximate surface area is 122 Å². The van der Waals surface area contributed by atoms with E-state index in [9.17, 15) is 13.2 Å². The molecule has 0 heterocycles. The van der Waals surface area contributed by atoms with Gasteiger partial charge in [0.25, 0.3) is 0 Å². The number of likely N-dealkylation sites (N-methyl/N-ethyl adjacent to an activating group) is 1. The normalized spacial score (nSPS) is 12.4. The molecule has 0 aliphatic carbocycles. The average Bonchev–Trinajstić information content (AvgIpc) is 2.46. The fraction of sp³-hybridized carbons (Fsp3) is 0.294. The highest BCUT2D eigenvalue weighted by atomic mass is 19.2. The van der Waals surface area contributed by atoms with E-state index in [0.717, 1.165) is 23.3 Å². The Morgan fingerprint density at radius 3 is 2.24 bits per heavy atom. The summed E-state index contributed by atoms with van der Waals surface area (Å²) < 4.78 is 39.9. The van der Waals surface area contributed by atoms with Crippen LogP contribution in [0.1, 0.15) is 29.7 Å². The maximum atomic E-state index is 13.4. The van der Waals surface area contributed by atoms with Crippen molar-refractivity contribution in [1.29, 1.82) is 0 Å². The van der Waals surface area contributed by atoms with Crippen molar-refractivity contribution in [3.8, 4) is 0 Å². The third kappa shape index (κ3) is 3.64. The summed E-state index contributed by atoms with van der Waals surface area (Å²) in [5.41, 5.74) is 2.62. The first kappa shape index (κ1) is 15.6. The molecule has 2 aromatic carbocycles. The summed E-state index contributed by atoms with van der Waals surface area (Å²) in [4.78, 5) is 0. The van der Waals surface area contributed by atoms with Gasteiger partial charge in [0.2, 0.25) is 0 Å². The zero-order valence-electron chi connectivity index (χ0n) is 12.1. The summed E-state index contributed by atoms with van der Waals surface area (Å²) >= 11 is 0. The van der Waals surface area contributed by atoms with E-state index in [1.54, 1.807) is 0 Å². The molecule has 0 spiro atoms. The topological polar surface area (TPSA) is 12.0 Å². The lowest BCUT2D eigenvalue weighted by Crippen LogP contribution is -2.23. The monoisotopic (exact) mass is 293 g/mol. The highest BCUT2D eigenvalue weighted by Gasteiger charge is 2.17. The number of aryl methyl sites for hydroxylation is 1. The molecule has 1 atom stereocenters. The van der Waals surface area contributed by atoms with Crippen molar-refractivity contribution < 1.29 is 13.2 Å². The van der Waals surface area contributed by atoms with Crippen LogP contribution in [0.2, 0.25) is 0 Å². The highest BCUT2D eigenvalue weighted by Crippen LogP contribution is 2.23. The third-order valence-electron chi connectivity index (χ3n) is 3.54. The van der Waals surface area contributed by atoms with Gasteiger partial charge >= 0.3 is 0 Å². The largest absolute Gasteiger partial charge is 0.310 e. The Bertz CT molecular complexity index is 602. The summed E-state index contributed by atoms with van der Waals surface area (Å²) in [5, 5.41) is 3.19. The Morgan fingerprint density at radius 2 is 1.67 bits per heavy atom. The molecule has 0 fully saturated rings. The van der Waals surface area contributed by atoms with Gasteiger partial charge in [-0.25, -0.2) is 13.2 Å². The van der Waals surface area contributed by atoms with E-state index in [4.69, 9.17) is 0 Å². The van der Waals surface area contributed by atoms with Gasteiger partial charge in [-0.1, -0.05) is 31.2 Å². The van der Waals surface area contributed by atoms with Crippen molar-refractivity contribution in [1.82, 2.24) is 5.32 Å². The molecule has 0 saturated carbocycles. The van der Waals surface area contributed by atoms with Crippen molar-refractivity contribution in [2.75, 3.05) is 6.54 Å². The predicted molar refractivity (Wildman–Crippen MR) is 77.6 cm³/mol. The average molecular weight is 293 g/mol. The van der Waals surface area contributed by atoms with Gasteiger partial charge in [-0.3, -0.25) is 0 Å². The minimum absolute atomic E-state index is 0.263. The molecule has 0 aromatic heterocycles. The van der Waals surface area contributed by atoms with E-state index in [-0.39, 0.29) is 6.04 Å². The second-order valence-electron chi connectivity index (χ2n) is 5.04. The summed E-state index contributed by atoms with van der Waals surface area (Å²) in [6, 6.07) is 9.70. The third-order valence-corrected chi connectivity index (χ3v) is 3.54. The zero-order valence-corrected chi connectivity index (χ0v) is 12.1. The second kappa shape index (κ2) is 6.76.